The Labute approximate surface area is 161 Å². The molecule has 9 heteroatoms. The molecule has 2 aromatic heterocycles. The number of ether oxygens (including phenoxy) is 2. The number of nitrogens with zero attached hydrogens (tertiary/aromatic N) is 2. The SMILES string of the molecule is COc1cccc(OC)c1C(=O)Nc1cn(C)nc1C(=O)NCc1ccco1. The molecule has 28 heavy (non-hydrogen) atoms. The summed E-state index contributed by atoms with van der Waals surface area (Å²) in [6.07, 6.45) is 3.07. The molecule has 0 fully saturated rings. The largest absolute Gasteiger partial charge is 0.496 e. The molecule has 1 aromatic carbocycles. The quantitative estimate of drug-likeness (QED) is 0.647. The molecule has 0 aliphatic carbocycles. The van der Waals surface area contributed by atoms with Crippen molar-refractivity contribution in [2.24, 2.45) is 7.05 Å². The minimum Gasteiger partial charge on any atom is -0.496 e. The summed E-state index contributed by atoms with van der Waals surface area (Å²) in [5, 5.41) is 9.55. The predicted octanol–water partition coefficient (Wildman–Crippen LogP) is 2.21. The van der Waals surface area contributed by atoms with Crippen molar-refractivity contribution in [3.8, 4) is 11.5 Å². The predicted molar refractivity (Wildman–Crippen MR) is 101 cm³/mol. The summed E-state index contributed by atoms with van der Waals surface area (Å²) in [4.78, 5) is 25.4. The highest BCUT2D eigenvalue weighted by Gasteiger charge is 2.23. The van der Waals surface area contributed by atoms with Gasteiger partial charge < -0.3 is 24.5 Å². The van der Waals surface area contributed by atoms with Gasteiger partial charge in [0, 0.05) is 13.2 Å². The van der Waals surface area contributed by atoms with Crippen LogP contribution < -0.4 is 20.1 Å². The maximum absolute atomic E-state index is 12.8. The van der Waals surface area contributed by atoms with E-state index < -0.39 is 11.8 Å². The maximum Gasteiger partial charge on any atom is 0.274 e. The summed E-state index contributed by atoms with van der Waals surface area (Å²) in [7, 11) is 4.58. The van der Waals surface area contributed by atoms with Gasteiger partial charge in [0.2, 0.25) is 0 Å². The number of carbonyl (C=O) groups excluding carboxylic acids is 2. The average molecular weight is 384 g/mol. The molecule has 0 unspecified atom stereocenters. The zero-order chi connectivity index (χ0) is 20.1. The van der Waals surface area contributed by atoms with Gasteiger partial charge in [0.25, 0.3) is 11.8 Å². The van der Waals surface area contributed by atoms with Crippen LogP contribution in [0.15, 0.2) is 47.2 Å². The Morgan fingerprint density at radius 2 is 1.82 bits per heavy atom. The number of hydrogen-bond acceptors (Lipinski definition) is 6. The van der Waals surface area contributed by atoms with Crippen LogP contribution >= 0.6 is 0 Å². The second kappa shape index (κ2) is 8.30. The van der Waals surface area contributed by atoms with Gasteiger partial charge >= 0.3 is 0 Å². The average Bonchev–Trinajstić information content (AvgIpc) is 3.34. The summed E-state index contributed by atoms with van der Waals surface area (Å²) in [5.41, 5.74) is 0.562. The number of aryl methyl sites for hydroxylation is 1. The lowest BCUT2D eigenvalue weighted by molar-refractivity contribution is 0.0943. The number of carbonyl (C=O) groups is 2. The second-order valence-electron chi connectivity index (χ2n) is 5.82. The molecule has 0 radical (unpaired) electrons. The van der Waals surface area contributed by atoms with Crippen LogP contribution in [0.1, 0.15) is 26.6 Å². The lowest BCUT2D eigenvalue weighted by Gasteiger charge is -2.12. The number of amides is 2. The van der Waals surface area contributed by atoms with Crippen LogP contribution in [-0.4, -0.2) is 35.8 Å². The Hall–Kier alpha value is -3.75. The van der Waals surface area contributed by atoms with Crippen LogP contribution in [0.2, 0.25) is 0 Å². The number of aromatic nitrogens is 2. The van der Waals surface area contributed by atoms with Crippen LogP contribution in [0.3, 0.4) is 0 Å². The fourth-order valence-electron chi connectivity index (χ4n) is 2.67. The monoisotopic (exact) mass is 384 g/mol. The first-order valence-electron chi connectivity index (χ1n) is 8.40. The van der Waals surface area contributed by atoms with Gasteiger partial charge in [0.05, 0.1) is 32.7 Å². The lowest BCUT2D eigenvalue weighted by atomic mass is 10.1. The topological polar surface area (TPSA) is 108 Å². The van der Waals surface area contributed by atoms with Gasteiger partial charge in [-0.15, -0.1) is 0 Å². The first kappa shape index (κ1) is 19.0. The van der Waals surface area contributed by atoms with E-state index >= 15 is 0 Å². The van der Waals surface area contributed by atoms with Gasteiger partial charge in [0.1, 0.15) is 22.8 Å². The van der Waals surface area contributed by atoms with E-state index in [2.05, 4.69) is 15.7 Å². The van der Waals surface area contributed by atoms with Gasteiger partial charge in [-0.3, -0.25) is 14.3 Å². The molecule has 2 amide bonds. The van der Waals surface area contributed by atoms with Crippen LogP contribution in [0.25, 0.3) is 0 Å². The van der Waals surface area contributed by atoms with E-state index in [1.165, 1.54) is 25.2 Å². The highest BCUT2D eigenvalue weighted by atomic mass is 16.5. The Kier molecular flexibility index (Phi) is 5.64. The molecule has 0 atom stereocenters. The van der Waals surface area contributed by atoms with E-state index in [1.54, 1.807) is 43.6 Å². The first-order valence-corrected chi connectivity index (χ1v) is 8.40. The minimum absolute atomic E-state index is 0.0799. The van der Waals surface area contributed by atoms with Crippen molar-refractivity contribution < 1.29 is 23.5 Å². The van der Waals surface area contributed by atoms with E-state index in [9.17, 15) is 9.59 Å². The number of benzene rings is 1. The molecule has 3 aromatic rings. The van der Waals surface area contributed by atoms with Gasteiger partial charge in [0.15, 0.2) is 5.69 Å². The van der Waals surface area contributed by atoms with Crippen LogP contribution in [0.4, 0.5) is 5.69 Å². The van der Waals surface area contributed by atoms with E-state index in [0.29, 0.717) is 17.3 Å². The first-order chi connectivity index (χ1) is 13.5. The van der Waals surface area contributed by atoms with Gasteiger partial charge in [-0.1, -0.05) is 6.07 Å². The highest BCUT2D eigenvalue weighted by molar-refractivity contribution is 6.11. The standard InChI is InChI=1S/C19H20N4O5/c1-23-11-13(17(22-23)19(25)20-10-12-6-5-9-28-12)21-18(24)16-14(26-2)7-4-8-15(16)27-3/h4-9,11H,10H2,1-3H3,(H,20,25)(H,21,24). The Morgan fingerprint density at radius 3 is 2.43 bits per heavy atom. The number of furan rings is 1. The molecule has 9 nitrogen and oxygen atoms in total. The molecule has 0 spiro atoms. The maximum atomic E-state index is 12.8. The van der Waals surface area contributed by atoms with E-state index in [4.69, 9.17) is 13.9 Å². The molecule has 0 aliphatic heterocycles. The third-order valence-corrected chi connectivity index (χ3v) is 3.95. The summed E-state index contributed by atoms with van der Waals surface area (Å²) < 4.78 is 17.1. The number of rotatable bonds is 7. The van der Waals surface area contributed by atoms with E-state index in [1.807, 2.05) is 0 Å². The highest BCUT2D eigenvalue weighted by Crippen LogP contribution is 2.29. The van der Waals surface area contributed by atoms with Gasteiger partial charge in [-0.05, 0) is 24.3 Å². The number of nitrogens with one attached hydrogen (secondary N) is 2. The summed E-state index contributed by atoms with van der Waals surface area (Å²) in [6.45, 7) is 0.204. The van der Waals surface area contributed by atoms with Crippen molar-refractivity contribution in [1.82, 2.24) is 15.1 Å². The van der Waals surface area contributed by atoms with E-state index in [-0.39, 0.29) is 23.5 Å². The molecular weight excluding hydrogens is 364 g/mol. The summed E-state index contributed by atoms with van der Waals surface area (Å²) in [6, 6.07) is 8.49. The van der Waals surface area contributed by atoms with Crippen LogP contribution in [0, 0.1) is 0 Å². The van der Waals surface area contributed by atoms with Crippen molar-refractivity contribution >= 4 is 17.5 Å². The third kappa shape index (κ3) is 3.98. The Bertz CT molecular complexity index is 956. The van der Waals surface area contributed by atoms with Crippen molar-refractivity contribution in [3.63, 3.8) is 0 Å². The molecule has 0 saturated heterocycles. The lowest BCUT2D eigenvalue weighted by Crippen LogP contribution is -2.25. The van der Waals surface area contributed by atoms with Gasteiger partial charge in [-0.25, -0.2) is 0 Å². The fourth-order valence-corrected chi connectivity index (χ4v) is 2.67. The molecular formula is C19H20N4O5. The van der Waals surface area contributed by atoms with E-state index in [0.717, 1.165) is 0 Å². The molecule has 2 heterocycles. The molecule has 3 rings (SSSR count). The number of hydrogen-bond donors (Lipinski definition) is 2. The molecule has 0 aliphatic rings. The normalized spacial score (nSPS) is 10.4. The van der Waals surface area contributed by atoms with Crippen molar-refractivity contribution in [2.45, 2.75) is 6.54 Å². The van der Waals surface area contributed by atoms with Crippen molar-refractivity contribution in [1.29, 1.82) is 0 Å². The number of methoxy groups -OCH3 is 2. The summed E-state index contributed by atoms with van der Waals surface area (Å²) in [5.74, 6) is 0.379. The fraction of sp³-hybridized carbons (Fsp3) is 0.211. The van der Waals surface area contributed by atoms with Gasteiger partial charge in [-0.2, -0.15) is 5.10 Å². The number of anilines is 1. The van der Waals surface area contributed by atoms with Crippen LogP contribution in [-0.2, 0) is 13.6 Å². The smallest absolute Gasteiger partial charge is 0.274 e. The summed E-state index contributed by atoms with van der Waals surface area (Å²) >= 11 is 0. The van der Waals surface area contributed by atoms with Crippen molar-refractivity contribution in [2.75, 3.05) is 19.5 Å². The zero-order valence-corrected chi connectivity index (χ0v) is 15.7. The Morgan fingerprint density at radius 1 is 1.11 bits per heavy atom. The third-order valence-electron chi connectivity index (χ3n) is 3.95. The second-order valence-corrected chi connectivity index (χ2v) is 5.82. The zero-order valence-electron chi connectivity index (χ0n) is 15.7. The molecule has 0 saturated carbocycles. The van der Waals surface area contributed by atoms with Crippen LogP contribution in [0.5, 0.6) is 11.5 Å². The molecule has 0 bridgehead atoms. The van der Waals surface area contributed by atoms with Crippen molar-refractivity contribution in [3.05, 3.63) is 59.8 Å². The Balaban J connectivity index is 1.82. The minimum atomic E-state index is -0.484. The molecule has 2 N–H and O–H groups in total. The molecule has 146 valence electrons.